The highest BCUT2D eigenvalue weighted by atomic mass is 32.1. The van der Waals surface area contributed by atoms with Crippen molar-refractivity contribution in [1.29, 1.82) is 0 Å². The fraction of sp³-hybridized carbons (Fsp3) is 0.667. The van der Waals surface area contributed by atoms with Gasteiger partial charge in [0, 0.05) is 4.88 Å². The number of rotatable bonds is 2. The minimum absolute atomic E-state index is 0.987. The Bertz CT molecular complexity index is 217. The third kappa shape index (κ3) is 2.84. The quantitative estimate of drug-likeness (QED) is 0.617. The van der Waals surface area contributed by atoms with Crippen LogP contribution in [0.2, 0.25) is 0 Å². The maximum Gasteiger partial charge on any atom is 0.00479 e. The normalized spacial score (nSPS) is 20.0. The molecule has 0 aliphatic heterocycles. The summed E-state index contributed by atoms with van der Waals surface area (Å²) in [4.78, 5) is 1.59. The molecule has 2 rings (SSSR count). The molecule has 0 atom stereocenters. The molecular weight excluding hydrogens is 176 g/mol. The standard InChI is InChI=1S/C12H18S/c1-2-4-7-11(6-3-1)10-12-8-5-9-13-12/h5,8-9,11H,1-4,6-7,10H2. The van der Waals surface area contributed by atoms with E-state index in [1.54, 1.807) is 4.88 Å². The summed E-state index contributed by atoms with van der Waals surface area (Å²) in [6.07, 6.45) is 10.2. The Morgan fingerprint density at radius 1 is 1.15 bits per heavy atom. The molecule has 0 bridgehead atoms. The molecule has 1 aromatic heterocycles. The Kier molecular flexibility index (Phi) is 3.42. The highest BCUT2D eigenvalue weighted by molar-refractivity contribution is 7.09. The Morgan fingerprint density at radius 2 is 1.92 bits per heavy atom. The van der Waals surface area contributed by atoms with Crippen LogP contribution in [0, 0.1) is 5.92 Å². The van der Waals surface area contributed by atoms with Crippen molar-refractivity contribution >= 4 is 11.3 Å². The van der Waals surface area contributed by atoms with Crippen molar-refractivity contribution in [3.05, 3.63) is 22.4 Å². The molecule has 1 fully saturated rings. The van der Waals surface area contributed by atoms with Gasteiger partial charge in [-0.1, -0.05) is 44.6 Å². The van der Waals surface area contributed by atoms with Gasteiger partial charge in [-0.15, -0.1) is 11.3 Å². The maximum absolute atomic E-state index is 2.29. The molecule has 1 heteroatoms. The van der Waals surface area contributed by atoms with Crippen LogP contribution in [0.15, 0.2) is 17.5 Å². The van der Waals surface area contributed by atoms with E-state index in [1.165, 1.54) is 44.9 Å². The zero-order valence-corrected chi connectivity index (χ0v) is 8.98. The van der Waals surface area contributed by atoms with E-state index in [0.717, 1.165) is 5.92 Å². The molecule has 1 aliphatic carbocycles. The van der Waals surface area contributed by atoms with Crippen molar-refractivity contribution in [2.45, 2.75) is 44.9 Å². The monoisotopic (exact) mass is 194 g/mol. The van der Waals surface area contributed by atoms with Gasteiger partial charge in [0.1, 0.15) is 0 Å². The van der Waals surface area contributed by atoms with Crippen LogP contribution < -0.4 is 0 Å². The summed E-state index contributed by atoms with van der Waals surface area (Å²) in [5, 5.41) is 2.20. The zero-order valence-electron chi connectivity index (χ0n) is 8.17. The molecule has 0 radical (unpaired) electrons. The van der Waals surface area contributed by atoms with Crippen LogP contribution in [0.3, 0.4) is 0 Å². The fourth-order valence-electron chi connectivity index (χ4n) is 2.28. The molecule has 0 spiro atoms. The first kappa shape index (κ1) is 9.26. The lowest BCUT2D eigenvalue weighted by atomic mass is 9.96. The Labute approximate surface area is 85.0 Å². The molecule has 1 heterocycles. The average molecular weight is 194 g/mol. The van der Waals surface area contributed by atoms with Gasteiger partial charge in [-0.2, -0.15) is 0 Å². The fourth-order valence-corrected chi connectivity index (χ4v) is 3.10. The molecule has 0 saturated heterocycles. The van der Waals surface area contributed by atoms with Gasteiger partial charge in [-0.05, 0) is 23.8 Å². The Hall–Kier alpha value is -0.300. The van der Waals surface area contributed by atoms with Gasteiger partial charge in [-0.25, -0.2) is 0 Å². The van der Waals surface area contributed by atoms with Crippen LogP contribution >= 0.6 is 11.3 Å². The smallest absolute Gasteiger partial charge is 0.00479 e. The van der Waals surface area contributed by atoms with E-state index in [2.05, 4.69) is 17.5 Å². The summed E-state index contributed by atoms with van der Waals surface area (Å²) in [5.74, 6) is 0.987. The number of hydrogen-bond donors (Lipinski definition) is 0. The molecule has 1 aliphatic rings. The summed E-state index contributed by atoms with van der Waals surface area (Å²) in [6, 6.07) is 4.46. The van der Waals surface area contributed by atoms with Gasteiger partial charge in [-0.3, -0.25) is 0 Å². The average Bonchev–Trinajstić information content (AvgIpc) is 2.49. The summed E-state index contributed by atoms with van der Waals surface area (Å²) < 4.78 is 0. The largest absolute Gasteiger partial charge is 0.149 e. The Morgan fingerprint density at radius 3 is 2.54 bits per heavy atom. The van der Waals surface area contributed by atoms with Crippen molar-refractivity contribution in [2.75, 3.05) is 0 Å². The third-order valence-corrected chi connectivity index (χ3v) is 3.94. The molecule has 13 heavy (non-hydrogen) atoms. The molecule has 0 nitrogen and oxygen atoms in total. The van der Waals surface area contributed by atoms with Gasteiger partial charge in [0.15, 0.2) is 0 Å². The van der Waals surface area contributed by atoms with E-state index >= 15 is 0 Å². The van der Waals surface area contributed by atoms with Crippen molar-refractivity contribution in [2.24, 2.45) is 5.92 Å². The third-order valence-electron chi connectivity index (χ3n) is 3.04. The van der Waals surface area contributed by atoms with Gasteiger partial charge < -0.3 is 0 Å². The zero-order chi connectivity index (χ0) is 8.93. The first-order valence-electron chi connectivity index (χ1n) is 5.47. The molecular formula is C12H18S. The van der Waals surface area contributed by atoms with Gasteiger partial charge in [0.25, 0.3) is 0 Å². The minimum atomic E-state index is 0.987. The number of hydrogen-bond acceptors (Lipinski definition) is 1. The van der Waals surface area contributed by atoms with E-state index in [0.29, 0.717) is 0 Å². The summed E-state index contributed by atoms with van der Waals surface area (Å²) in [7, 11) is 0. The van der Waals surface area contributed by atoms with Crippen LogP contribution in [-0.4, -0.2) is 0 Å². The second-order valence-corrected chi connectivity index (χ2v) is 5.17. The van der Waals surface area contributed by atoms with Crippen molar-refractivity contribution < 1.29 is 0 Å². The summed E-state index contributed by atoms with van der Waals surface area (Å²) in [6.45, 7) is 0. The SMILES string of the molecule is c1csc(CC2CCCCCC2)c1. The van der Waals surface area contributed by atoms with E-state index < -0.39 is 0 Å². The van der Waals surface area contributed by atoms with Crippen molar-refractivity contribution in [3.63, 3.8) is 0 Å². The second-order valence-electron chi connectivity index (χ2n) is 4.14. The first-order valence-corrected chi connectivity index (χ1v) is 6.35. The summed E-state index contributed by atoms with van der Waals surface area (Å²) >= 11 is 1.92. The van der Waals surface area contributed by atoms with Gasteiger partial charge >= 0.3 is 0 Å². The van der Waals surface area contributed by atoms with E-state index in [4.69, 9.17) is 0 Å². The van der Waals surface area contributed by atoms with E-state index in [1.807, 2.05) is 11.3 Å². The lowest BCUT2D eigenvalue weighted by molar-refractivity contribution is 0.461. The van der Waals surface area contributed by atoms with Crippen LogP contribution in [0.25, 0.3) is 0 Å². The van der Waals surface area contributed by atoms with Crippen molar-refractivity contribution in [3.8, 4) is 0 Å². The van der Waals surface area contributed by atoms with Crippen LogP contribution in [0.4, 0.5) is 0 Å². The maximum atomic E-state index is 2.29. The highest BCUT2D eigenvalue weighted by Gasteiger charge is 2.12. The first-order chi connectivity index (χ1) is 6.45. The molecule has 72 valence electrons. The van der Waals surface area contributed by atoms with E-state index in [-0.39, 0.29) is 0 Å². The Balaban J connectivity index is 1.86. The molecule has 1 saturated carbocycles. The van der Waals surface area contributed by atoms with Gasteiger partial charge in [0.05, 0.1) is 0 Å². The van der Waals surface area contributed by atoms with Crippen LogP contribution in [0.1, 0.15) is 43.4 Å². The minimum Gasteiger partial charge on any atom is -0.149 e. The predicted octanol–water partition coefficient (Wildman–Crippen LogP) is 4.26. The van der Waals surface area contributed by atoms with Gasteiger partial charge in [0.2, 0.25) is 0 Å². The molecule has 0 unspecified atom stereocenters. The predicted molar refractivity (Wildman–Crippen MR) is 59.2 cm³/mol. The highest BCUT2D eigenvalue weighted by Crippen LogP contribution is 2.27. The number of thiophene rings is 1. The lowest BCUT2D eigenvalue weighted by Crippen LogP contribution is -2.01. The molecule has 0 aromatic carbocycles. The summed E-state index contributed by atoms with van der Waals surface area (Å²) in [5.41, 5.74) is 0. The molecule has 0 amide bonds. The van der Waals surface area contributed by atoms with Crippen LogP contribution in [0.5, 0.6) is 0 Å². The topological polar surface area (TPSA) is 0 Å². The second kappa shape index (κ2) is 4.80. The van der Waals surface area contributed by atoms with E-state index in [9.17, 15) is 0 Å². The van der Waals surface area contributed by atoms with Crippen LogP contribution in [-0.2, 0) is 6.42 Å². The van der Waals surface area contributed by atoms with Crippen molar-refractivity contribution in [1.82, 2.24) is 0 Å². The lowest BCUT2D eigenvalue weighted by Gasteiger charge is -2.11. The molecule has 0 N–H and O–H groups in total. The molecule has 1 aromatic rings.